The smallest absolute Gasteiger partial charge is 0.338 e. The molecule has 0 aliphatic carbocycles. The molecule has 1 aromatic rings. The van der Waals surface area contributed by atoms with Crippen molar-refractivity contribution in [2.45, 2.75) is 107 Å². The van der Waals surface area contributed by atoms with E-state index in [1.54, 1.807) is 26.0 Å². The number of ether oxygens (including phenoxy) is 5. The number of benzene rings is 1. The first-order valence-electron chi connectivity index (χ1n) is 14.1. The third kappa shape index (κ3) is 6.89. The van der Waals surface area contributed by atoms with Crippen LogP contribution in [0.5, 0.6) is 5.75 Å². The second kappa shape index (κ2) is 13.0. The molecule has 10 atom stereocenters. The Kier molecular flexibility index (Phi) is 10.2. The van der Waals surface area contributed by atoms with E-state index in [0.29, 0.717) is 29.7 Å². The second-order valence-corrected chi connectivity index (χ2v) is 12.0. The molecule has 43 heavy (non-hydrogen) atoms. The number of carbonyl (C=O) groups is 1. The van der Waals surface area contributed by atoms with Gasteiger partial charge < -0.3 is 64.5 Å². The van der Waals surface area contributed by atoms with Gasteiger partial charge in [-0.2, -0.15) is 0 Å². The molecule has 0 spiro atoms. The highest BCUT2D eigenvalue weighted by Gasteiger charge is 2.58. The zero-order valence-electron chi connectivity index (χ0n) is 24.5. The summed E-state index contributed by atoms with van der Waals surface area (Å²) < 4.78 is 27.8. The fourth-order valence-electron chi connectivity index (χ4n) is 5.28. The molecule has 2 saturated heterocycles. The number of carbonyl (C=O) groups excluding carboxylic acids is 1. The highest BCUT2D eigenvalue weighted by atomic mass is 16.8. The fraction of sp³-hybridized carbons (Fsp3) is 0.690. The van der Waals surface area contributed by atoms with Crippen molar-refractivity contribution >= 4 is 5.97 Å². The topological polar surface area (TPSA) is 225 Å². The maximum Gasteiger partial charge on any atom is 0.338 e. The average molecular weight is 615 g/mol. The van der Waals surface area contributed by atoms with Crippen LogP contribution in [-0.4, -0.2) is 133 Å². The minimum absolute atomic E-state index is 0.181. The van der Waals surface area contributed by atoms with Gasteiger partial charge in [-0.25, -0.2) is 4.79 Å². The summed E-state index contributed by atoms with van der Waals surface area (Å²) in [4.78, 5) is 13.2. The number of allylic oxidation sites excluding steroid dienone is 2. The molecule has 1 unspecified atom stereocenters. The molecule has 3 heterocycles. The minimum atomic E-state index is -2.34. The molecule has 242 valence electrons. The molecule has 0 saturated carbocycles. The molecule has 0 amide bonds. The van der Waals surface area contributed by atoms with Crippen LogP contribution >= 0.6 is 0 Å². The first-order valence-corrected chi connectivity index (χ1v) is 14.1. The van der Waals surface area contributed by atoms with Gasteiger partial charge in [-0.05, 0) is 57.4 Å². The van der Waals surface area contributed by atoms with Crippen LogP contribution in [-0.2, 0) is 31.8 Å². The fourth-order valence-corrected chi connectivity index (χ4v) is 5.28. The predicted molar refractivity (Wildman–Crippen MR) is 146 cm³/mol. The zero-order chi connectivity index (χ0) is 31.9. The number of hydrogen-bond donors (Lipinski definition) is 8. The Morgan fingerprint density at radius 2 is 1.74 bits per heavy atom. The minimum Gasteiger partial charge on any atom is -0.487 e. The van der Waals surface area contributed by atoms with E-state index in [1.807, 2.05) is 19.9 Å². The van der Waals surface area contributed by atoms with Crippen LogP contribution in [0.25, 0.3) is 0 Å². The van der Waals surface area contributed by atoms with Crippen LogP contribution < -0.4 is 4.74 Å². The Hall–Kier alpha value is -2.21. The number of aliphatic hydroxyl groups excluding tert-OH is 7. The molecule has 2 fully saturated rings. The maximum absolute atomic E-state index is 13.2. The molecule has 3 aliphatic rings. The molecule has 0 aromatic heterocycles. The highest BCUT2D eigenvalue weighted by Crippen LogP contribution is 2.39. The summed E-state index contributed by atoms with van der Waals surface area (Å²) in [6, 6.07) is 3.22. The normalized spacial score (nSPS) is 35.8. The van der Waals surface area contributed by atoms with Crippen molar-refractivity contribution in [1.82, 2.24) is 0 Å². The Morgan fingerprint density at radius 1 is 1.05 bits per heavy atom. The van der Waals surface area contributed by atoms with E-state index in [2.05, 4.69) is 0 Å². The largest absolute Gasteiger partial charge is 0.487 e. The summed E-state index contributed by atoms with van der Waals surface area (Å²) in [6.45, 7) is 4.81. The van der Waals surface area contributed by atoms with Gasteiger partial charge in [0.2, 0.25) is 5.79 Å². The lowest BCUT2D eigenvalue weighted by atomic mass is 9.95. The van der Waals surface area contributed by atoms with E-state index in [9.17, 15) is 45.6 Å². The van der Waals surface area contributed by atoms with Gasteiger partial charge in [-0.1, -0.05) is 11.6 Å². The standard InChI is InChI=1S/C29H42O14/c1-13(2)5-6-14-7-16(8-15-9-19(28(3,4)38)41-24(14)15)26(37)39-11-18-20(32)22(34)23(35)27(40-18)43-29(12-31)25(36)21(33)17(10-30)42-29/h5,7-8,17-23,25,27,30-36,38H,6,9-12H2,1-4H3/t17-,18-,19?,20-,21-,22+,23-,25+,27-,29+/m1/s1. The van der Waals surface area contributed by atoms with Crippen molar-refractivity contribution in [2.24, 2.45) is 0 Å². The van der Waals surface area contributed by atoms with Crippen molar-refractivity contribution in [1.29, 1.82) is 0 Å². The van der Waals surface area contributed by atoms with Gasteiger partial charge in [0.1, 0.15) is 67.8 Å². The Labute approximate surface area is 248 Å². The molecule has 1 aromatic carbocycles. The first kappa shape index (κ1) is 33.7. The number of fused-ring (bicyclic) bond motifs is 1. The summed E-state index contributed by atoms with van der Waals surface area (Å²) >= 11 is 0. The van der Waals surface area contributed by atoms with E-state index in [-0.39, 0.29) is 5.56 Å². The summed E-state index contributed by atoms with van der Waals surface area (Å²) in [5.74, 6) is -2.53. The summed E-state index contributed by atoms with van der Waals surface area (Å²) in [7, 11) is 0. The third-order valence-corrected chi connectivity index (χ3v) is 7.93. The quantitative estimate of drug-likeness (QED) is 0.106. The van der Waals surface area contributed by atoms with Crippen LogP contribution in [0.2, 0.25) is 0 Å². The summed E-state index contributed by atoms with van der Waals surface area (Å²) in [5.41, 5.74) is 1.54. The van der Waals surface area contributed by atoms with Gasteiger partial charge in [0, 0.05) is 6.42 Å². The van der Waals surface area contributed by atoms with Crippen molar-refractivity contribution in [3.05, 3.63) is 40.5 Å². The average Bonchev–Trinajstić information content (AvgIpc) is 3.51. The first-order chi connectivity index (χ1) is 20.1. The van der Waals surface area contributed by atoms with E-state index < -0.39 is 92.3 Å². The van der Waals surface area contributed by atoms with Crippen molar-refractivity contribution < 1.29 is 69.3 Å². The van der Waals surface area contributed by atoms with Crippen LogP contribution in [0.15, 0.2) is 23.8 Å². The molecule has 4 rings (SSSR count). The van der Waals surface area contributed by atoms with E-state index in [4.69, 9.17) is 23.7 Å². The van der Waals surface area contributed by atoms with Gasteiger partial charge in [-0.3, -0.25) is 0 Å². The number of esters is 1. The SMILES string of the molecule is CC(C)=CCc1cc(C(=O)OC[C@H]2O[C@H](O[C@]3(CO)O[C@H](CO)[C@@H](O)[C@@H]3O)[C@H](O)[C@@H](O)[C@@H]2O)cc2c1OC(C(C)(C)O)C2. The van der Waals surface area contributed by atoms with Gasteiger partial charge in [0.25, 0.3) is 0 Å². The molecular formula is C29H42O14. The van der Waals surface area contributed by atoms with Gasteiger partial charge >= 0.3 is 5.97 Å². The maximum atomic E-state index is 13.2. The van der Waals surface area contributed by atoms with E-state index >= 15 is 0 Å². The zero-order valence-corrected chi connectivity index (χ0v) is 24.5. The van der Waals surface area contributed by atoms with Crippen LogP contribution in [0.1, 0.15) is 49.2 Å². The van der Waals surface area contributed by atoms with Gasteiger partial charge in [0.15, 0.2) is 6.29 Å². The van der Waals surface area contributed by atoms with E-state index in [0.717, 1.165) is 5.57 Å². The second-order valence-electron chi connectivity index (χ2n) is 12.0. The third-order valence-electron chi connectivity index (χ3n) is 7.93. The number of rotatable bonds is 10. The molecular weight excluding hydrogens is 572 g/mol. The molecule has 14 nitrogen and oxygen atoms in total. The Balaban J connectivity index is 1.49. The lowest BCUT2D eigenvalue weighted by molar-refractivity contribution is -0.383. The van der Waals surface area contributed by atoms with Gasteiger partial charge in [0.05, 0.1) is 17.8 Å². The monoisotopic (exact) mass is 614 g/mol. The number of aliphatic hydroxyl groups is 8. The summed E-state index contributed by atoms with van der Waals surface area (Å²) in [6.07, 6.45) is -11.3. The van der Waals surface area contributed by atoms with Crippen LogP contribution in [0.4, 0.5) is 0 Å². The molecule has 3 aliphatic heterocycles. The Morgan fingerprint density at radius 3 is 2.33 bits per heavy atom. The molecule has 8 N–H and O–H groups in total. The Bertz CT molecular complexity index is 1180. The van der Waals surface area contributed by atoms with E-state index in [1.165, 1.54) is 0 Å². The summed E-state index contributed by atoms with van der Waals surface area (Å²) in [5, 5.41) is 81.8. The molecule has 0 radical (unpaired) electrons. The van der Waals surface area contributed by atoms with Crippen LogP contribution in [0.3, 0.4) is 0 Å². The molecule has 14 heteroatoms. The number of hydrogen-bond acceptors (Lipinski definition) is 14. The van der Waals surface area contributed by atoms with Crippen molar-refractivity contribution in [3.8, 4) is 5.75 Å². The predicted octanol–water partition coefficient (Wildman–Crippen LogP) is -1.95. The van der Waals surface area contributed by atoms with Gasteiger partial charge in [-0.15, -0.1) is 0 Å². The lowest BCUT2D eigenvalue weighted by Gasteiger charge is -2.43. The highest BCUT2D eigenvalue weighted by molar-refractivity contribution is 5.90. The van der Waals surface area contributed by atoms with Crippen molar-refractivity contribution in [2.75, 3.05) is 19.8 Å². The van der Waals surface area contributed by atoms with Crippen molar-refractivity contribution in [3.63, 3.8) is 0 Å². The van der Waals surface area contributed by atoms with Crippen LogP contribution in [0, 0.1) is 0 Å². The molecule has 0 bridgehead atoms. The lowest BCUT2D eigenvalue weighted by Crippen LogP contribution is -2.62.